The van der Waals surface area contributed by atoms with Crippen molar-refractivity contribution >= 4 is 17.6 Å². The van der Waals surface area contributed by atoms with Crippen LogP contribution in [0.3, 0.4) is 0 Å². The normalized spacial score (nSPS) is 14.7. The molecule has 0 radical (unpaired) electrons. The number of nitrogens with zero attached hydrogens (tertiary/aromatic N) is 1. The molecule has 1 N–H and O–H groups in total. The van der Waals surface area contributed by atoms with Gasteiger partial charge in [-0.15, -0.1) is 0 Å². The monoisotopic (exact) mass is 380 g/mol. The fourth-order valence-electron chi connectivity index (χ4n) is 3.01. The first kappa shape index (κ1) is 19.0. The SMILES string of the molecule is Cc1cc(C(=O)O[C@@H](C)C(=O)Nc2ccc(F)c(F)c2F)c(C)n1C1CC1. The third kappa shape index (κ3) is 3.70. The Balaban J connectivity index is 1.69. The van der Waals surface area contributed by atoms with E-state index in [2.05, 4.69) is 9.88 Å². The van der Waals surface area contributed by atoms with Crippen molar-refractivity contribution in [3.63, 3.8) is 0 Å². The van der Waals surface area contributed by atoms with Gasteiger partial charge in [0.1, 0.15) is 0 Å². The number of benzene rings is 1. The number of hydrogen-bond donors (Lipinski definition) is 1. The second-order valence-corrected chi connectivity index (χ2v) is 6.65. The molecule has 1 heterocycles. The number of amides is 1. The Labute approximate surface area is 154 Å². The molecule has 5 nitrogen and oxygen atoms in total. The summed E-state index contributed by atoms with van der Waals surface area (Å²) < 4.78 is 47.1. The zero-order valence-corrected chi connectivity index (χ0v) is 15.1. The van der Waals surface area contributed by atoms with E-state index in [1.54, 1.807) is 6.07 Å². The van der Waals surface area contributed by atoms with Crippen LogP contribution in [0.15, 0.2) is 18.2 Å². The summed E-state index contributed by atoms with van der Waals surface area (Å²) in [4.78, 5) is 24.5. The quantitative estimate of drug-likeness (QED) is 0.629. The van der Waals surface area contributed by atoms with Crippen molar-refractivity contribution in [3.8, 4) is 0 Å². The lowest BCUT2D eigenvalue weighted by Gasteiger charge is -2.14. The maximum atomic E-state index is 13.7. The summed E-state index contributed by atoms with van der Waals surface area (Å²) in [6.45, 7) is 5.01. The molecular weight excluding hydrogens is 361 g/mol. The summed E-state index contributed by atoms with van der Waals surface area (Å²) in [5.74, 6) is -6.11. The highest BCUT2D eigenvalue weighted by atomic mass is 19.2. The first-order valence-corrected chi connectivity index (χ1v) is 8.54. The smallest absolute Gasteiger partial charge is 0.340 e. The molecule has 0 bridgehead atoms. The average Bonchev–Trinajstić information content (AvgIpc) is 3.40. The zero-order valence-electron chi connectivity index (χ0n) is 15.1. The van der Waals surface area contributed by atoms with E-state index in [0.29, 0.717) is 17.7 Å². The van der Waals surface area contributed by atoms with Crippen molar-refractivity contribution in [1.82, 2.24) is 4.57 Å². The summed E-state index contributed by atoms with van der Waals surface area (Å²) in [5, 5.41) is 2.09. The number of carbonyl (C=O) groups is 2. The van der Waals surface area contributed by atoms with E-state index in [1.165, 1.54) is 6.92 Å². The van der Waals surface area contributed by atoms with Gasteiger partial charge in [0.25, 0.3) is 5.91 Å². The Bertz CT molecular complexity index is 919. The molecule has 0 unspecified atom stereocenters. The molecule has 1 fully saturated rings. The third-order valence-corrected chi connectivity index (χ3v) is 4.56. The molecule has 0 saturated heterocycles. The topological polar surface area (TPSA) is 60.3 Å². The number of esters is 1. The molecule has 3 rings (SSSR count). The molecule has 0 spiro atoms. The van der Waals surface area contributed by atoms with Crippen molar-refractivity contribution < 1.29 is 27.5 Å². The lowest BCUT2D eigenvalue weighted by molar-refractivity contribution is -0.123. The van der Waals surface area contributed by atoms with E-state index in [1.807, 2.05) is 13.8 Å². The summed E-state index contributed by atoms with van der Waals surface area (Å²) in [7, 11) is 0. The number of ether oxygens (including phenoxy) is 1. The number of nitrogens with one attached hydrogen (secondary N) is 1. The van der Waals surface area contributed by atoms with Crippen LogP contribution in [-0.4, -0.2) is 22.5 Å². The van der Waals surface area contributed by atoms with E-state index in [-0.39, 0.29) is 0 Å². The zero-order chi connectivity index (χ0) is 19.9. The standard InChI is InChI=1S/C19H19F3N2O3/c1-9-8-13(10(2)24(9)12-4-5-12)19(26)27-11(3)18(25)23-15-7-6-14(20)16(21)17(15)22/h6-8,11-12H,4-5H2,1-3H3,(H,23,25)/t11-/m0/s1. The van der Waals surface area contributed by atoms with E-state index in [4.69, 9.17) is 4.74 Å². The van der Waals surface area contributed by atoms with Crippen LogP contribution in [0.4, 0.5) is 18.9 Å². The van der Waals surface area contributed by atoms with Crippen molar-refractivity contribution in [2.45, 2.75) is 45.8 Å². The first-order valence-electron chi connectivity index (χ1n) is 8.54. The molecule has 1 aliphatic rings. The highest BCUT2D eigenvalue weighted by Crippen LogP contribution is 2.38. The fourth-order valence-corrected chi connectivity index (χ4v) is 3.01. The van der Waals surface area contributed by atoms with Gasteiger partial charge in [0.05, 0.1) is 11.3 Å². The minimum Gasteiger partial charge on any atom is -0.449 e. The van der Waals surface area contributed by atoms with Crippen LogP contribution in [-0.2, 0) is 9.53 Å². The van der Waals surface area contributed by atoms with Crippen molar-refractivity contribution in [2.24, 2.45) is 0 Å². The molecule has 0 aliphatic heterocycles. The Morgan fingerprint density at radius 2 is 1.85 bits per heavy atom. The largest absolute Gasteiger partial charge is 0.449 e. The third-order valence-electron chi connectivity index (χ3n) is 4.56. The van der Waals surface area contributed by atoms with Crippen molar-refractivity contribution in [1.29, 1.82) is 0 Å². The van der Waals surface area contributed by atoms with Crippen LogP contribution in [0, 0.1) is 31.3 Å². The molecule has 1 amide bonds. The number of aryl methyl sites for hydroxylation is 1. The summed E-state index contributed by atoms with van der Waals surface area (Å²) >= 11 is 0. The van der Waals surface area contributed by atoms with Crippen molar-refractivity contribution in [2.75, 3.05) is 5.32 Å². The second kappa shape index (κ2) is 7.09. The molecule has 1 saturated carbocycles. The molecule has 1 atom stereocenters. The lowest BCUT2D eigenvalue weighted by Crippen LogP contribution is -2.30. The van der Waals surface area contributed by atoms with Crippen LogP contribution in [0.25, 0.3) is 0 Å². The average molecular weight is 380 g/mol. The second-order valence-electron chi connectivity index (χ2n) is 6.65. The van der Waals surface area contributed by atoms with E-state index in [9.17, 15) is 22.8 Å². The summed E-state index contributed by atoms with van der Waals surface area (Å²) in [6.07, 6.45) is 0.862. The van der Waals surface area contributed by atoms with Gasteiger partial charge in [-0.1, -0.05) is 0 Å². The number of halogens is 3. The van der Waals surface area contributed by atoms with Gasteiger partial charge in [-0.25, -0.2) is 18.0 Å². The van der Waals surface area contributed by atoms with Gasteiger partial charge in [0, 0.05) is 17.4 Å². The number of aromatic nitrogens is 1. The van der Waals surface area contributed by atoms with Gasteiger partial charge in [-0.05, 0) is 51.8 Å². The van der Waals surface area contributed by atoms with Gasteiger partial charge in [-0.3, -0.25) is 4.79 Å². The van der Waals surface area contributed by atoms with Crippen molar-refractivity contribution in [3.05, 3.63) is 52.6 Å². The highest BCUT2D eigenvalue weighted by molar-refractivity contribution is 5.97. The molecule has 2 aromatic rings. The molecule has 1 aromatic carbocycles. The van der Waals surface area contributed by atoms with Gasteiger partial charge in [0.15, 0.2) is 23.6 Å². The van der Waals surface area contributed by atoms with Crippen LogP contribution in [0.2, 0.25) is 0 Å². The number of hydrogen-bond acceptors (Lipinski definition) is 3. The first-order chi connectivity index (χ1) is 12.7. The van der Waals surface area contributed by atoms with E-state index < -0.39 is 41.1 Å². The molecule has 144 valence electrons. The van der Waals surface area contributed by atoms with Crippen LogP contribution < -0.4 is 5.32 Å². The Morgan fingerprint density at radius 1 is 1.19 bits per heavy atom. The van der Waals surface area contributed by atoms with Gasteiger partial charge in [0.2, 0.25) is 0 Å². The Kier molecular flexibility index (Phi) is 4.99. The Morgan fingerprint density at radius 3 is 2.48 bits per heavy atom. The predicted octanol–water partition coefficient (Wildman–Crippen LogP) is 4.04. The number of anilines is 1. The van der Waals surface area contributed by atoms with Crippen LogP contribution in [0.1, 0.15) is 47.6 Å². The maximum absolute atomic E-state index is 13.7. The Hall–Kier alpha value is -2.77. The fraction of sp³-hybridized carbons (Fsp3) is 0.368. The molecule has 27 heavy (non-hydrogen) atoms. The molecule has 1 aliphatic carbocycles. The van der Waals surface area contributed by atoms with Crippen LogP contribution in [0.5, 0.6) is 0 Å². The molecular formula is C19H19F3N2O3. The minimum atomic E-state index is -1.69. The highest BCUT2D eigenvalue weighted by Gasteiger charge is 2.30. The lowest BCUT2D eigenvalue weighted by atomic mass is 10.2. The van der Waals surface area contributed by atoms with E-state index >= 15 is 0 Å². The van der Waals surface area contributed by atoms with Gasteiger partial charge >= 0.3 is 5.97 Å². The molecule has 8 heteroatoms. The van der Waals surface area contributed by atoms with E-state index in [0.717, 1.165) is 30.3 Å². The van der Waals surface area contributed by atoms with Gasteiger partial charge in [-0.2, -0.15) is 0 Å². The molecule has 1 aromatic heterocycles. The maximum Gasteiger partial charge on any atom is 0.340 e. The summed E-state index contributed by atoms with van der Waals surface area (Å²) in [5.41, 5.74) is 1.52. The van der Waals surface area contributed by atoms with Crippen LogP contribution >= 0.6 is 0 Å². The predicted molar refractivity (Wildman–Crippen MR) is 92.0 cm³/mol. The number of rotatable bonds is 5. The summed E-state index contributed by atoms with van der Waals surface area (Å²) in [6, 6.07) is 3.68. The minimum absolute atomic E-state index is 0.359. The number of carbonyl (C=O) groups excluding carboxylic acids is 2. The van der Waals surface area contributed by atoms with Gasteiger partial charge < -0.3 is 14.6 Å².